The maximum Gasteiger partial charge on any atom is 0.213 e. The van der Waals surface area contributed by atoms with Crippen LogP contribution in [0, 0.1) is 11.6 Å². The minimum absolute atomic E-state index is 0.0437. The van der Waals surface area contributed by atoms with Crippen LogP contribution in [-0.4, -0.2) is 11.6 Å². The standard InChI is InChI=1S/C16H8F2N2O2/c17-7-1-3-11-9(5-7)15(21)13(19-11)14-16(22)10-6-8(18)2-4-12(10)20-14/h1-6,19-20H/b14-13+. The molecule has 2 aromatic rings. The first-order chi connectivity index (χ1) is 10.5. The molecule has 0 unspecified atom stereocenters. The molecule has 0 saturated heterocycles. The zero-order valence-electron chi connectivity index (χ0n) is 11.0. The van der Waals surface area contributed by atoms with Crippen molar-refractivity contribution in [2.45, 2.75) is 0 Å². The first-order valence-electron chi connectivity index (χ1n) is 6.51. The molecule has 22 heavy (non-hydrogen) atoms. The fourth-order valence-corrected chi connectivity index (χ4v) is 2.63. The third-order valence-electron chi connectivity index (χ3n) is 3.68. The highest BCUT2D eigenvalue weighted by Crippen LogP contribution is 2.35. The second kappa shape index (κ2) is 4.24. The number of halogens is 2. The van der Waals surface area contributed by atoms with Crippen molar-refractivity contribution in [2.75, 3.05) is 10.6 Å². The molecule has 0 saturated carbocycles. The van der Waals surface area contributed by atoms with Crippen molar-refractivity contribution in [2.24, 2.45) is 0 Å². The number of rotatable bonds is 0. The summed E-state index contributed by atoms with van der Waals surface area (Å²) in [5, 5.41) is 5.64. The molecule has 2 N–H and O–H groups in total. The Morgan fingerprint density at radius 2 is 1.09 bits per heavy atom. The predicted octanol–water partition coefficient (Wildman–Crippen LogP) is 3.09. The number of nitrogens with one attached hydrogen (secondary N) is 2. The van der Waals surface area contributed by atoms with Crippen LogP contribution in [0.4, 0.5) is 20.2 Å². The predicted molar refractivity (Wildman–Crippen MR) is 75.7 cm³/mol. The lowest BCUT2D eigenvalue weighted by atomic mass is 10.1. The van der Waals surface area contributed by atoms with Gasteiger partial charge in [0.05, 0.1) is 22.5 Å². The zero-order chi connectivity index (χ0) is 15.4. The van der Waals surface area contributed by atoms with Gasteiger partial charge < -0.3 is 10.6 Å². The Balaban J connectivity index is 1.82. The molecular weight excluding hydrogens is 290 g/mol. The van der Waals surface area contributed by atoms with E-state index in [2.05, 4.69) is 10.6 Å². The van der Waals surface area contributed by atoms with E-state index in [0.717, 1.165) is 12.1 Å². The largest absolute Gasteiger partial charge is 0.350 e. The van der Waals surface area contributed by atoms with Crippen molar-refractivity contribution in [3.05, 3.63) is 70.6 Å². The monoisotopic (exact) mass is 298 g/mol. The number of anilines is 2. The van der Waals surface area contributed by atoms with Gasteiger partial charge in [0.15, 0.2) is 0 Å². The summed E-state index contributed by atoms with van der Waals surface area (Å²) in [4.78, 5) is 24.7. The van der Waals surface area contributed by atoms with Gasteiger partial charge in [-0.1, -0.05) is 0 Å². The molecule has 0 bridgehead atoms. The second-order valence-electron chi connectivity index (χ2n) is 5.04. The molecule has 108 valence electrons. The van der Waals surface area contributed by atoms with Crippen molar-refractivity contribution in [3.8, 4) is 0 Å². The lowest BCUT2D eigenvalue weighted by molar-refractivity contribution is 0.101. The van der Waals surface area contributed by atoms with E-state index in [0.29, 0.717) is 11.4 Å². The lowest BCUT2D eigenvalue weighted by Gasteiger charge is -2.03. The quantitative estimate of drug-likeness (QED) is 0.734. The van der Waals surface area contributed by atoms with Crippen LogP contribution in [-0.2, 0) is 0 Å². The first-order valence-corrected chi connectivity index (χ1v) is 6.51. The maximum absolute atomic E-state index is 13.3. The summed E-state index contributed by atoms with van der Waals surface area (Å²) >= 11 is 0. The number of benzene rings is 2. The fourth-order valence-electron chi connectivity index (χ4n) is 2.63. The van der Waals surface area contributed by atoms with Crippen LogP contribution in [0.5, 0.6) is 0 Å². The van der Waals surface area contributed by atoms with E-state index < -0.39 is 23.2 Å². The molecule has 4 rings (SSSR count). The van der Waals surface area contributed by atoms with Crippen molar-refractivity contribution < 1.29 is 18.4 Å². The summed E-state index contributed by atoms with van der Waals surface area (Å²) in [7, 11) is 0. The van der Waals surface area contributed by atoms with Crippen molar-refractivity contribution in [1.29, 1.82) is 0 Å². The fraction of sp³-hybridized carbons (Fsp3) is 0. The molecule has 2 aliphatic rings. The lowest BCUT2D eigenvalue weighted by Crippen LogP contribution is -2.13. The molecule has 0 amide bonds. The zero-order valence-corrected chi connectivity index (χ0v) is 11.0. The number of carbonyl (C=O) groups is 2. The van der Waals surface area contributed by atoms with Crippen LogP contribution < -0.4 is 10.6 Å². The normalized spacial score (nSPS) is 18.8. The molecule has 0 atom stereocenters. The number of hydrogen-bond acceptors (Lipinski definition) is 4. The average molecular weight is 298 g/mol. The third kappa shape index (κ3) is 1.67. The van der Waals surface area contributed by atoms with Crippen LogP contribution in [0.1, 0.15) is 20.7 Å². The van der Waals surface area contributed by atoms with Crippen molar-refractivity contribution in [1.82, 2.24) is 0 Å². The summed E-state index contributed by atoms with van der Waals surface area (Å²) in [6.45, 7) is 0. The second-order valence-corrected chi connectivity index (χ2v) is 5.04. The number of allylic oxidation sites excluding steroid dienone is 2. The van der Waals surface area contributed by atoms with Gasteiger partial charge in [-0.2, -0.15) is 0 Å². The molecular formula is C16H8F2N2O2. The van der Waals surface area contributed by atoms with E-state index in [1.165, 1.54) is 24.3 Å². The molecule has 4 nitrogen and oxygen atoms in total. The third-order valence-corrected chi connectivity index (χ3v) is 3.68. The van der Waals surface area contributed by atoms with Crippen molar-refractivity contribution in [3.63, 3.8) is 0 Å². The Morgan fingerprint density at radius 1 is 0.682 bits per heavy atom. The molecule has 2 heterocycles. The van der Waals surface area contributed by atoms with E-state index in [4.69, 9.17) is 0 Å². The van der Waals surface area contributed by atoms with Gasteiger partial charge in [-0.25, -0.2) is 8.78 Å². The van der Waals surface area contributed by atoms with E-state index in [1.54, 1.807) is 0 Å². The average Bonchev–Trinajstić information content (AvgIpc) is 2.98. The molecule has 0 radical (unpaired) electrons. The molecule has 0 fully saturated rings. The molecule has 6 heteroatoms. The number of ketones is 2. The molecule has 2 aliphatic heterocycles. The van der Waals surface area contributed by atoms with E-state index >= 15 is 0 Å². The SMILES string of the molecule is O=C1/C(=C2\Nc3ccc(F)cc3C2=O)Nc2ccc(F)cc21. The highest BCUT2D eigenvalue weighted by molar-refractivity contribution is 6.27. The number of hydrogen-bond donors (Lipinski definition) is 2. The minimum atomic E-state index is -0.531. The number of carbonyl (C=O) groups excluding carboxylic acids is 2. The van der Waals surface area contributed by atoms with E-state index in [1.807, 2.05) is 0 Å². The Labute approximate surface area is 123 Å². The van der Waals surface area contributed by atoms with Crippen LogP contribution in [0.25, 0.3) is 0 Å². The highest BCUT2D eigenvalue weighted by atomic mass is 19.1. The topological polar surface area (TPSA) is 58.2 Å². The van der Waals surface area contributed by atoms with Gasteiger partial charge in [0, 0.05) is 0 Å². The summed E-state index contributed by atoms with van der Waals surface area (Å²) in [5.74, 6) is -2.01. The first kappa shape index (κ1) is 12.7. The summed E-state index contributed by atoms with van der Waals surface area (Å²) < 4.78 is 26.5. The van der Waals surface area contributed by atoms with Gasteiger partial charge in [-0.3, -0.25) is 9.59 Å². The van der Waals surface area contributed by atoms with Gasteiger partial charge in [0.1, 0.15) is 23.0 Å². The number of fused-ring (bicyclic) bond motifs is 2. The van der Waals surface area contributed by atoms with Gasteiger partial charge in [0.2, 0.25) is 11.6 Å². The van der Waals surface area contributed by atoms with Gasteiger partial charge in [-0.15, -0.1) is 0 Å². The van der Waals surface area contributed by atoms with Crippen molar-refractivity contribution >= 4 is 22.9 Å². The summed E-state index contributed by atoms with van der Waals surface area (Å²) in [6, 6.07) is 7.54. The van der Waals surface area contributed by atoms with Gasteiger partial charge in [0.25, 0.3) is 0 Å². The smallest absolute Gasteiger partial charge is 0.213 e. The van der Waals surface area contributed by atoms with Crippen LogP contribution in [0.2, 0.25) is 0 Å². The van der Waals surface area contributed by atoms with Crippen LogP contribution in [0.3, 0.4) is 0 Å². The van der Waals surface area contributed by atoms with E-state index in [9.17, 15) is 18.4 Å². The van der Waals surface area contributed by atoms with Gasteiger partial charge >= 0.3 is 0 Å². The Morgan fingerprint density at radius 3 is 1.50 bits per heavy atom. The van der Waals surface area contributed by atoms with Gasteiger partial charge in [-0.05, 0) is 36.4 Å². The van der Waals surface area contributed by atoms with Crippen LogP contribution >= 0.6 is 0 Å². The van der Waals surface area contributed by atoms with Crippen LogP contribution in [0.15, 0.2) is 47.8 Å². The Bertz CT molecular complexity index is 830. The summed E-state index contributed by atoms with van der Waals surface area (Å²) in [6.07, 6.45) is 0. The molecule has 0 spiro atoms. The Hall–Kier alpha value is -3.02. The summed E-state index contributed by atoms with van der Waals surface area (Å²) in [5.41, 5.74) is 1.29. The molecule has 0 aromatic heterocycles. The highest BCUT2D eigenvalue weighted by Gasteiger charge is 2.35. The maximum atomic E-state index is 13.3. The molecule has 2 aromatic carbocycles. The number of Topliss-reactive ketones (excluding diaryl/α,β-unsaturated/α-hetero) is 2. The molecule has 0 aliphatic carbocycles. The van der Waals surface area contributed by atoms with E-state index in [-0.39, 0.29) is 22.5 Å². The Kier molecular flexibility index (Phi) is 2.45. The minimum Gasteiger partial charge on any atom is -0.350 e.